The van der Waals surface area contributed by atoms with Gasteiger partial charge in [-0.2, -0.15) is 0 Å². The lowest BCUT2D eigenvalue weighted by molar-refractivity contribution is -0.140. The van der Waals surface area contributed by atoms with Crippen molar-refractivity contribution < 1.29 is 18.7 Å². The minimum absolute atomic E-state index is 0.250. The number of rotatable bonds is 6. The zero-order valence-corrected chi connectivity index (χ0v) is 17.4. The average Bonchev–Trinajstić information content (AvgIpc) is 3.14. The maximum Gasteiger partial charge on any atom is 0.305 e. The Balaban J connectivity index is 1.72. The molecule has 1 aliphatic carbocycles. The molecule has 1 aromatic heterocycles. The quantitative estimate of drug-likeness (QED) is 0.289. The number of methoxy groups -OCH3 is 1. The summed E-state index contributed by atoms with van der Waals surface area (Å²) in [6, 6.07) is 3.83. The van der Waals surface area contributed by atoms with E-state index < -0.39 is 0 Å². The number of hydrogen-bond acceptors (Lipinski definition) is 5. The van der Waals surface area contributed by atoms with E-state index in [4.69, 9.17) is 16.6 Å². The van der Waals surface area contributed by atoms with Crippen LogP contribution in [0.1, 0.15) is 51.1 Å². The number of esters is 1. The van der Waals surface area contributed by atoms with Gasteiger partial charge in [-0.15, -0.1) is 0 Å². The number of amides is 1. The fraction of sp³-hybridized carbons (Fsp3) is 0.550. The van der Waals surface area contributed by atoms with E-state index in [0.29, 0.717) is 40.9 Å². The molecule has 154 valence electrons. The summed E-state index contributed by atoms with van der Waals surface area (Å²) in [4.78, 5) is 23.1. The Hall–Kier alpha value is -2.35. The highest BCUT2D eigenvalue weighted by Crippen LogP contribution is 2.29. The van der Waals surface area contributed by atoms with Crippen molar-refractivity contribution in [1.82, 2.24) is 16.2 Å². The van der Waals surface area contributed by atoms with Crippen LogP contribution in [0.2, 0.25) is 0 Å². The summed E-state index contributed by atoms with van der Waals surface area (Å²) in [7, 11) is 1.35. The molecule has 1 saturated carbocycles. The van der Waals surface area contributed by atoms with Gasteiger partial charge in [0, 0.05) is 18.5 Å². The molecule has 28 heavy (non-hydrogen) atoms. The van der Waals surface area contributed by atoms with Crippen LogP contribution in [-0.4, -0.2) is 30.1 Å². The number of thiocarbonyl (C=S) groups is 1. The molecule has 1 amide bonds. The number of nitrogens with one attached hydrogen (secondary N) is 3. The Morgan fingerprint density at radius 3 is 2.82 bits per heavy atom. The minimum Gasteiger partial charge on any atom is -0.469 e. The molecule has 1 fully saturated rings. The molecular formula is C20H29N3O4S. The third-order valence-corrected chi connectivity index (χ3v) is 5.43. The summed E-state index contributed by atoms with van der Waals surface area (Å²) in [6.07, 6.45) is 7.12. The van der Waals surface area contributed by atoms with E-state index in [1.54, 1.807) is 18.2 Å². The van der Waals surface area contributed by atoms with E-state index in [-0.39, 0.29) is 18.3 Å². The normalized spacial score (nSPS) is 21.9. The Kier molecular flexibility index (Phi) is 8.50. The van der Waals surface area contributed by atoms with Crippen molar-refractivity contribution in [3.05, 3.63) is 29.7 Å². The zero-order valence-electron chi connectivity index (χ0n) is 16.6. The van der Waals surface area contributed by atoms with Crippen LogP contribution < -0.4 is 16.2 Å². The van der Waals surface area contributed by atoms with Gasteiger partial charge in [-0.1, -0.05) is 26.7 Å². The molecule has 1 aromatic rings. The second-order valence-electron chi connectivity index (χ2n) is 7.18. The summed E-state index contributed by atoms with van der Waals surface area (Å²) in [5, 5.41) is 3.70. The van der Waals surface area contributed by atoms with Crippen molar-refractivity contribution >= 4 is 35.3 Å². The van der Waals surface area contributed by atoms with Gasteiger partial charge in [0.15, 0.2) is 5.11 Å². The van der Waals surface area contributed by atoms with Gasteiger partial charge in [0.1, 0.15) is 11.5 Å². The summed E-state index contributed by atoms with van der Waals surface area (Å²) in [5.74, 6) is 1.75. The molecule has 0 unspecified atom stereocenters. The molecule has 0 bridgehead atoms. The Labute approximate surface area is 171 Å². The fourth-order valence-electron chi connectivity index (χ4n) is 3.25. The molecule has 3 N–H and O–H groups in total. The van der Waals surface area contributed by atoms with Crippen molar-refractivity contribution in [3.8, 4) is 0 Å². The summed E-state index contributed by atoms with van der Waals surface area (Å²) >= 11 is 5.27. The number of furan rings is 1. The molecule has 8 heteroatoms. The van der Waals surface area contributed by atoms with Gasteiger partial charge in [0.25, 0.3) is 5.91 Å². The van der Waals surface area contributed by atoms with Gasteiger partial charge in [0.05, 0.1) is 13.5 Å². The van der Waals surface area contributed by atoms with Crippen molar-refractivity contribution in [2.24, 2.45) is 11.8 Å². The maximum atomic E-state index is 11.9. The average molecular weight is 408 g/mol. The smallest absolute Gasteiger partial charge is 0.305 e. The molecule has 3 atom stereocenters. The Morgan fingerprint density at radius 1 is 1.29 bits per heavy atom. The van der Waals surface area contributed by atoms with Gasteiger partial charge in [-0.05, 0) is 48.7 Å². The molecule has 1 heterocycles. The van der Waals surface area contributed by atoms with E-state index >= 15 is 0 Å². The first-order chi connectivity index (χ1) is 13.4. The first-order valence-corrected chi connectivity index (χ1v) is 10.00. The molecule has 0 radical (unpaired) electrons. The van der Waals surface area contributed by atoms with E-state index in [1.165, 1.54) is 26.0 Å². The Morgan fingerprint density at radius 2 is 2.07 bits per heavy atom. The molecule has 2 rings (SSSR count). The number of ether oxygens (including phenoxy) is 1. The number of carbonyl (C=O) groups is 2. The van der Waals surface area contributed by atoms with E-state index in [2.05, 4.69) is 34.8 Å². The first-order valence-electron chi connectivity index (χ1n) is 9.59. The SMILES string of the molecule is COC(=O)CCc1ccc(/C=C/C(=O)NNC(=S)N[C@H]2CCC[C@H](C)[C@H]2C)o1. The highest BCUT2D eigenvalue weighted by molar-refractivity contribution is 7.80. The van der Waals surface area contributed by atoms with Crippen molar-refractivity contribution in [2.75, 3.05) is 7.11 Å². The second kappa shape index (κ2) is 10.8. The maximum absolute atomic E-state index is 11.9. The van der Waals surface area contributed by atoms with E-state index in [0.717, 1.165) is 6.42 Å². The predicted molar refractivity (Wildman–Crippen MR) is 111 cm³/mol. The lowest BCUT2D eigenvalue weighted by Crippen LogP contribution is -2.52. The largest absolute Gasteiger partial charge is 0.469 e. The summed E-state index contributed by atoms with van der Waals surface area (Å²) in [5.41, 5.74) is 5.27. The zero-order chi connectivity index (χ0) is 20.5. The molecule has 0 aliphatic heterocycles. The van der Waals surface area contributed by atoms with Crippen LogP contribution in [0.25, 0.3) is 6.08 Å². The van der Waals surface area contributed by atoms with Crippen LogP contribution in [0.15, 0.2) is 22.6 Å². The van der Waals surface area contributed by atoms with Crippen LogP contribution in [0.5, 0.6) is 0 Å². The Bertz CT molecular complexity index is 716. The van der Waals surface area contributed by atoms with Crippen LogP contribution in [0.4, 0.5) is 0 Å². The molecular weight excluding hydrogens is 378 g/mol. The molecule has 1 aliphatic rings. The highest BCUT2D eigenvalue weighted by Gasteiger charge is 2.27. The van der Waals surface area contributed by atoms with E-state index in [9.17, 15) is 9.59 Å². The monoisotopic (exact) mass is 407 g/mol. The van der Waals surface area contributed by atoms with Crippen molar-refractivity contribution in [2.45, 2.75) is 52.0 Å². The second-order valence-corrected chi connectivity index (χ2v) is 7.58. The third-order valence-electron chi connectivity index (χ3n) is 5.21. The molecule has 7 nitrogen and oxygen atoms in total. The van der Waals surface area contributed by atoms with Gasteiger partial charge in [-0.25, -0.2) is 0 Å². The van der Waals surface area contributed by atoms with Gasteiger partial charge < -0.3 is 14.5 Å². The third kappa shape index (κ3) is 6.99. The van der Waals surface area contributed by atoms with Gasteiger partial charge in [0.2, 0.25) is 0 Å². The highest BCUT2D eigenvalue weighted by atomic mass is 32.1. The van der Waals surface area contributed by atoms with E-state index in [1.807, 2.05) is 0 Å². The lowest BCUT2D eigenvalue weighted by Gasteiger charge is -2.35. The summed E-state index contributed by atoms with van der Waals surface area (Å²) < 4.78 is 10.1. The number of aryl methyl sites for hydroxylation is 1. The van der Waals surface area contributed by atoms with Crippen molar-refractivity contribution in [3.63, 3.8) is 0 Å². The van der Waals surface area contributed by atoms with Crippen LogP contribution in [0, 0.1) is 11.8 Å². The first kappa shape index (κ1) is 21.9. The molecule has 0 saturated heterocycles. The fourth-order valence-corrected chi connectivity index (χ4v) is 3.46. The van der Waals surface area contributed by atoms with Gasteiger partial charge in [-0.3, -0.25) is 20.4 Å². The molecule has 0 spiro atoms. The topological polar surface area (TPSA) is 92.6 Å². The standard InChI is InChI=1S/C20H29N3O4S/c1-13-5-4-6-17(14(13)2)21-20(28)23-22-18(24)11-9-15-7-8-16(27-15)10-12-19(25)26-3/h7-9,11,13-14,17H,4-6,10,12H2,1-3H3,(H,22,24)(H2,21,23,28)/b11-9+/t13-,14+,17-/m0/s1. The van der Waals surface area contributed by atoms with Crippen molar-refractivity contribution in [1.29, 1.82) is 0 Å². The predicted octanol–water partition coefficient (Wildman–Crippen LogP) is 2.72. The van der Waals surface area contributed by atoms with Crippen LogP contribution in [-0.2, 0) is 20.7 Å². The lowest BCUT2D eigenvalue weighted by atomic mass is 9.78. The number of hydrazine groups is 1. The molecule has 0 aromatic carbocycles. The number of hydrogen-bond donors (Lipinski definition) is 3. The number of carbonyl (C=O) groups excluding carboxylic acids is 2. The summed E-state index contributed by atoms with van der Waals surface area (Å²) in [6.45, 7) is 4.49. The van der Waals surface area contributed by atoms with Crippen LogP contribution >= 0.6 is 12.2 Å². The van der Waals surface area contributed by atoms with Crippen LogP contribution in [0.3, 0.4) is 0 Å². The van der Waals surface area contributed by atoms with Gasteiger partial charge >= 0.3 is 5.97 Å². The minimum atomic E-state index is -0.346.